The van der Waals surface area contributed by atoms with Gasteiger partial charge in [-0.15, -0.1) is 5.10 Å². The Bertz CT molecular complexity index is 1320. The Kier molecular flexibility index (Phi) is 6.64. The summed E-state index contributed by atoms with van der Waals surface area (Å²) >= 11 is 0. The number of pyridine rings is 1. The number of piperidine rings is 1. The fraction of sp³-hybridized carbons (Fsp3) is 0.364. The minimum absolute atomic E-state index is 0.0431. The lowest BCUT2D eigenvalue weighted by molar-refractivity contribution is -0.137. The zero-order valence-electron chi connectivity index (χ0n) is 18.8. The lowest BCUT2D eigenvalue weighted by Crippen LogP contribution is -2.42. The molecule has 0 radical (unpaired) electrons. The third-order valence-electron chi connectivity index (χ3n) is 5.55. The van der Waals surface area contributed by atoms with Crippen LogP contribution in [0.1, 0.15) is 36.2 Å². The fourth-order valence-electron chi connectivity index (χ4n) is 4.00. The molecule has 1 N–H and O–H groups in total. The van der Waals surface area contributed by atoms with Gasteiger partial charge in [0, 0.05) is 31.0 Å². The van der Waals surface area contributed by atoms with E-state index in [1.807, 2.05) is 13.8 Å². The Balaban J connectivity index is 1.49. The molecule has 35 heavy (non-hydrogen) atoms. The number of hydrogen-bond acceptors (Lipinski definition) is 7. The Labute approximate surface area is 199 Å². The molecule has 2 aromatic heterocycles. The molecule has 0 spiro atoms. The predicted molar refractivity (Wildman–Crippen MR) is 119 cm³/mol. The van der Waals surface area contributed by atoms with E-state index < -0.39 is 27.7 Å². The monoisotopic (exact) mass is 509 g/mol. The van der Waals surface area contributed by atoms with E-state index in [-0.39, 0.29) is 39.8 Å². The van der Waals surface area contributed by atoms with Gasteiger partial charge in [-0.25, -0.2) is 8.42 Å². The molecule has 3 aromatic rings. The van der Waals surface area contributed by atoms with Crippen LogP contribution < -0.4 is 5.32 Å². The van der Waals surface area contributed by atoms with Crippen LogP contribution in [-0.4, -0.2) is 46.9 Å². The average molecular weight is 510 g/mol. The predicted octanol–water partition coefficient (Wildman–Crippen LogP) is 4.07. The Morgan fingerprint density at radius 1 is 1.09 bits per heavy atom. The molecule has 0 bridgehead atoms. The maximum absolute atomic E-state index is 13.1. The zero-order valence-corrected chi connectivity index (χ0v) is 19.6. The van der Waals surface area contributed by atoms with Gasteiger partial charge in [-0.2, -0.15) is 17.5 Å². The van der Waals surface area contributed by atoms with Crippen molar-refractivity contribution in [2.45, 2.75) is 31.3 Å². The number of anilines is 1. The lowest BCUT2D eigenvalue weighted by atomic mass is 9.94. The number of carbonyl (C=O) groups is 1. The van der Waals surface area contributed by atoms with Crippen molar-refractivity contribution in [1.82, 2.24) is 19.5 Å². The number of benzene rings is 1. The van der Waals surface area contributed by atoms with Crippen molar-refractivity contribution in [3.63, 3.8) is 0 Å². The fourth-order valence-corrected chi connectivity index (χ4v) is 5.67. The summed E-state index contributed by atoms with van der Waals surface area (Å²) in [5, 5.41) is 9.75. The summed E-state index contributed by atoms with van der Waals surface area (Å²) in [5.41, 5.74) is -0.644. The second kappa shape index (κ2) is 9.38. The standard InChI is InChI=1S/C22H22F3N5O4S/c1-13-7-14(2)12-30(11-13)35(32,33)18-8-16(9-26-10-18)19(31)27-21-29-28-20(34-21)15-3-5-17(6-4-15)22(23,24)25/h3-6,8-10,13-14H,7,11-12H2,1-2H3,(H,27,29,31). The molecule has 186 valence electrons. The number of carbonyl (C=O) groups excluding carboxylic acids is 1. The number of amides is 1. The first kappa shape index (κ1) is 24.8. The van der Waals surface area contributed by atoms with Crippen LogP contribution in [0.3, 0.4) is 0 Å². The van der Waals surface area contributed by atoms with Crippen molar-refractivity contribution in [2.75, 3.05) is 18.4 Å². The topological polar surface area (TPSA) is 118 Å². The van der Waals surface area contributed by atoms with Crippen LogP contribution in [0.5, 0.6) is 0 Å². The van der Waals surface area contributed by atoms with Gasteiger partial charge in [-0.1, -0.05) is 18.9 Å². The van der Waals surface area contributed by atoms with E-state index in [2.05, 4.69) is 20.5 Å². The molecule has 0 saturated carbocycles. The highest BCUT2D eigenvalue weighted by Gasteiger charge is 2.32. The van der Waals surface area contributed by atoms with E-state index in [0.717, 1.165) is 18.6 Å². The summed E-state index contributed by atoms with van der Waals surface area (Å²) in [6, 6.07) is 5.00. The first-order chi connectivity index (χ1) is 16.4. The minimum Gasteiger partial charge on any atom is -0.403 e. The lowest BCUT2D eigenvalue weighted by Gasteiger charge is -2.33. The van der Waals surface area contributed by atoms with Crippen molar-refractivity contribution < 1.29 is 30.8 Å². The van der Waals surface area contributed by atoms with Crippen molar-refractivity contribution >= 4 is 21.9 Å². The number of aromatic nitrogens is 3. The highest BCUT2D eigenvalue weighted by Crippen LogP contribution is 2.31. The molecule has 1 amide bonds. The number of halogens is 3. The van der Waals surface area contributed by atoms with Crippen LogP contribution in [0.15, 0.2) is 52.0 Å². The Hall–Kier alpha value is -3.32. The molecule has 2 atom stereocenters. The van der Waals surface area contributed by atoms with Crippen LogP contribution in [-0.2, 0) is 16.2 Å². The first-order valence-electron chi connectivity index (χ1n) is 10.7. The molecular formula is C22H22F3N5O4S. The van der Waals surface area contributed by atoms with E-state index >= 15 is 0 Å². The molecule has 1 aliphatic rings. The van der Waals surface area contributed by atoms with Crippen LogP contribution >= 0.6 is 0 Å². The molecule has 1 aromatic carbocycles. The third kappa shape index (κ3) is 5.51. The van der Waals surface area contributed by atoms with Crippen molar-refractivity contribution in [3.8, 4) is 11.5 Å². The second-order valence-electron chi connectivity index (χ2n) is 8.62. The Morgan fingerprint density at radius 2 is 1.74 bits per heavy atom. The van der Waals surface area contributed by atoms with Gasteiger partial charge in [0.25, 0.3) is 5.91 Å². The van der Waals surface area contributed by atoms with Gasteiger partial charge in [0.1, 0.15) is 4.90 Å². The molecule has 1 aliphatic heterocycles. The molecular weight excluding hydrogens is 487 g/mol. The van der Waals surface area contributed by atoms with Crippen molar-refractivity contribution in [3.05, 3.63) is 53.9 Å². The maximum atomic E-state index is 13.1. The number of sulfonamides is 1. The molecule has 3 heterocycles. The van der Waals surface area contributed by atoms with Gasteiger partial charge in [-0.05, 0) is 48.6 Å². The largest absolute Gasteiger partial charge is 0.416 e. The van der Waals surface area contributed by atoms with E-state index in [4.69, 9.17) is 4.42 Å². The number of hydrogen-bond donors (Lipinski definition) is 1. The minimum atomic E-state index is -4.48. The van der Waals surface area contributed by atoms with Crippen molar-refractivity contribution in [1.29, 1.82) is 0 Å². The highest BCUT2D eigenvalue weighted by molar-refractivity contribution is 7.89. The summed E-state index contributed by atoms with van der Waals surface area (Å²) < 4.78 is 71.1. The van der Waals surface area contributed by atoms with Crippen LogP contribution in [0.4, 0.5) is 19.2 Å². The van der Waals surface area contributed by atoms with Gasteiger partial charge >= 0.3 is 12.2 Å². The molecule has 0 aliphatic carbocycles. The number of rotatable bonds is 5. The summed E-state index contributed by atoms with van der Waals surface area (Å²) in [6.45, 7) is 4.75. The average Bonchev–Trinajstić information content (AvgIpc) is 3.26. The van der Waals surface area contributed by atoms with Gasteiger partial charge in [0.2, 0.25) is 15.9 Å². The molecule has 1 fully saturated rings. The smallest absolute Gasteiger partial charge is 0.403 e. The highest BCUT2D eigenvalue weighted by atomic mass is 32.2. The van der Waals surface area contributed by atoms with Gasteiger partial charge < -0.3 is 4.42 Å². The molecule has 9 nitrogen and oxygen atoms in total. The number of nitrogens with zero attached hydrogens (tertiary/aromatic N) is 4. The van der Waals surface area contributed by atoms with Crippen LogP contribution in [0.2, 0.25) is 0 Å². The van der Waals surface area contributed by atoms with Crippen LogP contribution in [0, 0.1) is 11.8 Å². The van der Waals surface area contributed by atoms with E-state index in [0.29, 0.717) is 13.1 Å². The molecule has 1 saturated heterocycles. The number of nitrogens with one attached hydrogen (secondary N) is 1. The quantitative estimate of drug-likeness (QED) is 0.551. The summed E-state index contributed by atoms with van der Waals surface area (Å²) in [4.78, 5) is 16.5. The van der Waals surface area contributed by atoms with E-state index in [9.17, 15) is 26.4 Å². The zero-order chi connectivity index (χ0) is 25.4. The van der Waals surface area contributed by atoms with Gasteiger partial charge in [0.05, 0.1) is 11.1 Å². The number of alkyl halides is 3. The summed E-state index contributed by atoms with van der Waals surface area (Å²) in [7, 11) is -3.84. The van der Waals surface area contributed by atoms with Gasteiger partial charge in [-0.3, -0.25) is 15.1 Å². The summed E-state index contributed by atoms with van der Waals surface area (Å²) in [5.74, 6) is -0.414. The SMILES string of the molecule is CC1CC(C)CN(S(=O)(=O)c2cncc(C(=O)Nc3nnc(-c4ccc(C(F)(F)F)cc4)o3)c2)C1. The summed E-state index contributed by atoms with van der Waals surface area (Å²) in [6.07, 6.45) is -1.16. The van der Waals surface area contributed by atoms with Crippen LogP contribution in [0.25, 0.3) is 11.5 Å². The molecule has 4 rings (SSSR count). The molecule has 13 heteroatoms. The van der Waals surface area contributed by atoms with Gasteiger partial charge in [0.15, 0.2) is 0 Å². The van der Waals surface area contributed by atoms with E-state index in [1.165, 1.54) is 34.9 Å². The third-order valence-corrected chi connectivity index (χ3v) is 7.35. The Morgan fingerprint density at radius 3 is 2.37 bits per heavy atom. The second-order valence-corrected chi connectivity index (χ2v) is 10.6. The first-order valence-corrected chi connectivity index (χ1v) is 12.1. The normalized spacial score (nSPS) is 19.5. The van der Waals surface area contributed by atoms with E-state index in [1.54, 1.807) is 0 Å². The van der Waals surface area contributed by atoms with Crippen molar-refractivity contribution in [2.24, 2.45) is 11.8 Å². The molecule has 2 unspecified atom stereocenters. The maximum Gasteiger partial charge on any atom is 0.416 e.